The van der Waals surface area contributed by atoms with Crippen molar-refractivity contribution in [2.24, 2.45) is 0 Å². The van der Waals surface area contributed by atoms with E-state index in [1.54, 1.807) is 22.0 Å². The summed E-state index contributed by atoms with van der Waals surface area (Å²) in [7, 11) is 0. The van der Waals surface area contributed by atoms with Gasteiger partial charge >= 0.3 is 5.69 Å². The summed E-state index contributed by atoms with van der Waals surface area (Å²) in [5.41, 5.74) is 1.79. The number of ether oxygens (including phenoxy) is 1. The number of hydrogen-bond acceptors (Lipinski definition) is 6. The second kappa shape index (κ2) is 10.4. The number of carbonyl (C=O) groups is 1. The molecule has 0 radical (unpaired) electrons. The predicted octanol–water partition coefficient (Wildman–Crippen LogP) is 2.94. The molecular weight excluding hydrogens is 426 g/mol. The van der Waals surface area contributed by atoms with Gasteiger partial charge in [0.25, 0.3) is 0 Å². The van der Waals surface area contributed by atoms with Crippen LogP contribution in [0, 0.1) is 6.92 Å². The molecule has 9 heteroatoms. The molecule has 32 heavy (non-hydrogen) atoms. The van der Waals surface area contributed by atoms with Crippen molar-refractivity contribution in [3.05, 3.63) is 68.3 Å². The fraction of sp³-hybridized carbons (Fsp3) is 0.391. The zero-order valence-corrected chi connectivity index (χ0v) is 18.9. The normalized spacial score (nSPS) is 13.3. The Morgan fingerprint density at radius 3 is 2.88 bits per heavy atom. The molecule has 0 fully saturated rings. The molecule has 0 unspecified atom stereocenters. The van der Waals surface area contributed by atoms with Gasteiger partial charge in [0.1, 0.15) is 18.2 Å². The van der Waals surface area contributed by atoms with Gasteiger partial charge < -0.3 is 10.1 Å². The second-order valence-corrected chi connectivity index (χ2v) is 8.79. The van der Waals surface area contributed by atoms with E-state index in [9.17, 15) is 9.59 Å². The second-order valence-electron chi connectivity index (χ2n) is 7.72. The van der Waals surface area contributed by atoms with Crippen molar-refractivity contribution in [1.82, 2.24) is 24.6 Å². The number of aromatic nitrogens is 4. The quantitative estimate of drug-likeness (QED) is 0.397. The Labute approximate surface area is 190 Å². The highest BCUT2D eigenvalue weighted by atomic mass is 32.1. The molecule has 4 rings (SSSR count). The van der Waals surface area contributed by atoms with Crippen LogP contribution in [0.2, 0.25) is 0 Å². The predicted molar refractivity (Wildman–Crippen MR) is 124 cm³/mol. The summed E-state index contributed by atoms with van der Waals surface area (Å²) in [6, 6.07) is 7.55. The Balaban J connectivity index is 1.18. The van der Waals surface area contributed by atoms with E-state index >= 15 is 0 Å². The first-order valence-electron chi connectivity index (χ1n) is 10.8. The Hall–Kier alpha value is -3.20. The number of benzene rings is 1. The summed E-state index contributed by atoms with van der Waals surface area (Å²) in [6.07, 6.45) is 6.90. The van der Waals surface area contributed by atoms with E-state index < -0.39 is 0 Å². The zero-order valence-electron chi connectivity index (χ0n) is 18.1. The molecule has 1 amide bonds. The summed E-state index contributed by atoms with van der Waals surface area (Å²) in [5.74, 6) is 1.47. The van der Waals surface area contributed by atoms with Crippen LogP contribution >= 0.6 is 11.3 Å². The lowest BCUT2D eigenvalue weighted by Crippen LogP contribution is -2.28. The van der Waals surface area contributed by atoms with Gasteiger partial charge in [-0.3, -0.25) is 9.36 Å². The van der Waals surface area contributed by atoms with Crippen LogP contribution in [-0.2, 0) is 30.9 Å². The maximum absolute atomic E-state index is 12.3. The minimum atomic E-state index is -0.166. The molecule has 0 bridgehead atoms. The van der Waals surface area contributed by atoms with Crippen molar-refractivity contribution in [1.29, 1.82) is 0 Å². The Morgan fingerprint density at radius 2 is 2.12 bits per heavy atom. The first kappa shape index (κ1) is 22.0. The number of amides is 1. The number of rotatable bonds is 9. The Morgan fingerprint density at radius 1 is 1.28 bits per heavy atom. The standard InChI is InChI=1S/C23H27N5O3S/c1-17-25-19(16-32-17)15-31-20-9-6-18(7-10-20)8-11-22(29)24-12-4-14-28-23(30)27-13-3-2-5-21(27)26-28/h6-11,16H,2-5,12-15H2,1H3,(H,24,29). The fourth-order valence-corrected chi connectivity index (χ4v) is 4.17. The lowest BCUT2D eigenvalue weighted by molar-refractivity contribution is -0.116. The zero-order chi connectivity index (χ0) is 22.3. The van der Waals surface area contributed by atoms with Gasteiger partial charge in [0.2, 0.25) is 5.91 Å². The van der Waals surface area contributed by atoms with Crippen LogP contribution in [-0.4, -0.2) is 31.8 Å². The molecule has 0 aliphatic carbocycles. The molecule has 168 valence electrons. The van der Waals surface area contributed by atoms with E-state index in [0.717, 1.165) is 53.6 Å². The Kier molecular flexibility index (Phi) is 7.16. The third-order valence-electron chi connectivity index (χ3n) is 5.24. The maximum atomic E-state index is 12.3. The molecule has 2 aromatic heterocycles. The van der Waals surface area contributed by atoms with Crippen LogP contribution in [0.1, 0.15) is 41.4 Å². The minimum absolute atomic E-state index is 0.0416. The van der Waals surface area contributed by atoms with E-state index in [2.05, 4.69) is 15.4 Å². The van der Waals surface area contributed by atoms with Gasteiger partial charge in [-0.25, -0.2) is 14.5 Å². The number of aryl methyl sites for hydroxylation is 3. The van der Waals surface area contributed by atoms with Crippen LogP contribution < -0.4 is 15.7 Å². The van der Waals surface area contributed by atoms with Gasteiger partial charge in [-0.2, -0.15) is 5.10 Å². The maximum Gasteiger partial charge on any atom is 0.345 e. The molecule has 0 atom stereocenters. The van der Waals surface area contributed by atoms with Gasteiger partial charge in [-0.15, -0.1) is 11.3 Å². The van der Waals surface area contributed by atoms with E-state index in [-0.39, 0.29) is 11.6 Å². The van der Waals surface area contributed by atoms with Crippen LogP contribution in [0.15, 0.2) is 40.5 Å². The van der Waals surface area contributed by atoms with E-state index in [4.69, 9.17) is 4.74 Å². The third kappa shape index (κ3) is 5.73. The molecule has 3 heterocycles. The van der Waals surface area contributed by atoms with Crippen molar-refractivity contribution in [3.63, 3.8) is 0 Å². The highest BCUT2D eigenvalue weighted by Crippen LogP contribution is 2.16. The first-order valence-corrected chi connectivity index (χ1v) is 11.7. The fourth-order valence-electron chi connectivity index (χ4n) is 3.57. The molecule has 8 nitrogen and oxygen atoms in total. The van der Waals surface area contributed by atoms with Gasteiger partial charge in [0.05, 0.1) is 10.7 Å². The molecular formula is C23H27N5O3S. The van der Waals surface area contributed by atoms with Crippen LogP contribution in [0.4, 0.5) is 0 Å². The van der Waals surface area contributed by atoms with Gasteiger partial charge in [0, 0.05) is 37.5 Å². The van der Waals surface area contributed by atoms with Crippen LogP contribution in [0.5, 0.6) is 5.75 Å². The number of hydrogen-bond donors (Lipinski definition) is 1. The summed E-state index contributed by atoms with van der Waals surface area (Å²) >= 11 is 1.61. The van der Waals surface area contributed by atoms with Gasteiger partial charge in [-0.1, -0.05) is 12.1 Å². The highest BCUT2D eigenvalue weighted by Gasteiger charge is 2.16. The van der Waals surface area contributed by atoms with Gasteiger partial charge in [0.15, 0.2) is 0 Å². The average Bonchev–Trinajstić information content (AvgIpc) is 3.37. The van der Waals surface area contributed by atoms with E-state index in [1.165, 1.54) is 10.8 Å². The monoisotopic (exact) mass is 453 g/mol. The van der Waals surface area contributed by atoms with Crippen molar-refractivity contribution < 1.29 is 9.53 Å². The number of thiazole rings is 1. The third-order valence-corrected chi connectivity index (χ3v) is 6.06. The summed E-state index contributed by atoms with van der Waals surface area (Å²) in [5, 5.41) is 10.3. The summed E-state index contributed by atoms with van der Waals surface area (Å²) in [6.45, 7) is 4.16. The van der Waals surface area contributed by atoms with Crippen LogP contribution in [0.25, 0.3) is 6.08 Å². The molecule has 1 aromatic carbocycles. The van der Waals surface area contributed by atoms with Crippen LogP contribution in [0.3, 0.4) is 0 Å². The smallest absolute Gasteiger partial charge is 0.345 e. The van der Waals surface area contributed by atoms with E-state index in [0.29, 0.717) is 26.1 Å². The SMILES string of the molecule is Cc1nc(COc2ccc(C=CC(=O)NCCCn3nc4n(c3=O)CCCC4)cc2)cs1. The number of nitrogens with zero attached hydrogens (tertiary/aromatic N) is 4. The lowest BCUT2D eigenvalue weighted by Gasteiger charge is -2.09. The van der Waals surface area contributed by atoms with E-state index in [1.807, 2.05) is 36.6 Å². The topological polar surface area (TPSA) is 91.0 Å². The lowest BCUT2D eigenvalue weighted by atomic mass is 10.2. The molecule has 3 aromatic rings. The molecule has 0 spiro atoms. The molecule has 1 aliphatic heterocycles. The summed E-state index contributed by atoms with van der Waals surface area (Å²) < 4.78 is 9.01. The summed E-state index contributed by atoms with van der Waals surface area (Å²) in [4.78, 5) is 28.7. The van der Waals surface area contributed by atoms with Crippen molar-refractivity contribution in [3.8, 4) is 5.75 Å². The highest BCUT2D eigenvalue weighted by molar-refractivity contribution is 7.09. The number of fused-ring (bicyclic) bond motifs is 1. The average molecular weight is 454 g/mol. The molecule has 1 N–H and O–H groups in total. The van der Waals surface area contributed by atoms with Crippen molar-refractivity contribution in [2.75, 3.05) is 6.54 Å². The Bertz CT molecular complexity index is 1140. The molecule has 0 saturated carbocycles. The number of nitrogens with one attached hydrogen (secondary N) is 1. The van der Waals surface area contributed by atoms with Crippen molar-refractivity contribution in [2.45, 2.75) is 52.3 Å². The largest absolute Gasteiger partial charge is 0.487 e. The minimum Gasteiger partial charge on any atom is -0.487 e. The first-order chi connectivity index (χ1) is 15.6. The van der Waals surface area contributed by atoms with Crippen molar-refractivity contribution >= 4 is 23.3 Å². The molecule has 1 aliphatic rings. The van der Waals surface area contributed by atoms with Gasteiger partial charge in [-0.05, 0) is 50.0 Å². The molecule has 0 saturated heterocycles. The number of carbonyl (C=O) groups excluding carboxylic acids is 1.